The van der Waals surface area contributed by atoms with E-state index >= 15 is 0 Å². The van der Waals surface area contributed by atoms with Gasteiger partial charge in [0.2, 0.25) is 0 Å². The summed E-state index contributed by atoms with van der Waals surface area (Å²) in [6.45, 7) is 10.7. The molecule has 4 aromatic carbocycles. The fourth-order valence-corrected chi connectivity index (χ4v) is 8.44. The molecular weight excluding hydrogens is 1170 g/mol. The average Bonchev–Trinajstić information content (AvgIpc) is 3.55. The van der Waals surface area contributed by atoms with Gasteiger partial charge in [-0.2, -0.15) is 0 Å². The van der Waals surface area contributed by atoms with Crippen LogP contribution in [0.4, 0.5) is 8.78 Å². The maximum Gasteiger partial charge on any atom is 0.414 e. The highest BCUT2D eigenvalue weighted by atomic mass is 19.1. The van der Waals surface area contributed by atoms with Crippen molar-refractivity contribution in [3.8, 4) is 0 Å². The van der Waals surface area contributed by atoms with Gasteiger partial charge in [-0.25, -0.2) is 66.7 Å². The van der Waals surface area contributed by atoms with Crippen molar-refractivity contribution in [3.63, 3.8) is 0 Å². The Bertz CT molecular complexity index is 3010. The van der Waals surface area contributed by atoms with Gasteiger partial charge >= 0.3 is 59.7 Å². The van der Waals surface area contributed by atoms with Gasteiger partial charge in [-0.3, -0.25) is 9.59 Å². The minimum Gasteiger partial charge on any atom is -0.473 e. The molecule has 88 heavy (non-hydrogen) atoms. The number of piperidine rings is 2. The molecule has 28 nitrogen and oxygen atoms in total. The van der Waals surface area contributed by atoms with Gasteiger partial charge in [0, 0.05) is 51.9 Å². The van der Waals surface area contributed by atoms with E-state index < -0.39 is 59.7 Å². The lowest BCUT2D eigenvalue weighted by atomic mass is 9.93. The number of fused-ring (bicyclic) bond motifs is 2. The van der Waals surface area contributed by atoms with Crippen molar-refractivity contribution < 1.29 is 117 Å². The molecule has 6 aromatic rings. The van der Waals surface area contributed by atoms with Crippen LogP contribution in [-0.2, 0) is 83.5 Å². The minimum absolute atomic E-state index is 0.207. The number of ketones is 2. The lowest BCUT2D eigenvalue weighted by molar-refractivity contribution is -0.159. The van der Waals surface area contributed by atoms with E-state index in [9.17, 15) is 18.4 Å². The average molecular weight is 1240 g/mol. The number of carbonyl (C=O) groups is 12. The molecule has 2 saturated heterocycles. The molecule has 474 valence electrons. The number of nitrogens with zero attached hydrogens (tertiary/aromatic N) is 6. The monoisotopic (exact) mass is 1240 g/mol. The highest BCUT2D eigenvalue weighted by Gasteiger charge is 2.24. The number of carboxylic acids is 10. The minimum atomic E-state index is -1.82. The Morgan fingerprint density at radius 2 is 0.648 bits per heavy atom. The molecule has 2 aliphatic rings. The number of hydrogen-bond acceptors (Lipinski definition) is 16. The Morgan fingerprint density at radius 1 is 0.398 bits per heavy atom. The van der Waals surface area contributed by atoms with Crippen molar-refractivity contribution in [2.45, 2.75) is 78.3 Å². The Morgan fingerprint density at radius 3 is 0.886 bits per heavy atom. The fraction of sp³-hybridized carbons (Fsp3) is 0.345. The van der Waals surface area contributed by atoms with Crippen molar-refractivity contribution in [2.75, 3.05) is 39.3 Å². The molecule has 0 radical (unpaired) electrons. The molecule has 0 atom stereocenters. The van der Waals surface area contributed by atoms with Crippen LogP contribution in [0.15, 0.2) is 97.1 Å². The summed E-state index contributed by atoms with van der Waals surface area (Å²) < 4.78 is 31.2. The van der Waals surface area contributed by atoms with E-state index in [1.54, 1.807) is 13.8 Å². The second kappa shape index (κ2) is 37.8. The summed E-state index contributed by atoms with van der Waals surface area (Å²) in [6, 6.07) is 29.9. The van der Waals surface area contributed by atoms with Crippen LogP contribution in [0, 0.1) is 23.5 Å². The molecule has 0 spiro atoms. The number of likely N-dealkylation sites (tertiary alicyclic amines) is 2. The van der Waals surface area contributed by atoms with Crippen LogP contribution in [0.25, 0.3) is 22.1 Å². The first kappa shape index (κ1) is 73.7. The molecule has 0 aliphatic carbocycles. The Hall–Kier alpha value is -10.4. The molecular formula is C58H66F2N6O22. The van der Waals surface area contributed by atoms with Crippen molar-refractivity contribution in [3.05, 3.63) is 131 Å². The van der Waals surface area contributed by atoms with Crippen molar-refractivity contribution in [2.24, 2.45) is 11.8 Å². The van der Waals surface area contributed by atoms with Crippen LogP contribution in [0.2, 0.25) is 0 Å². The smallest absolute Gasteiger partial charge is 0.414 e. The summed E-state index contributed by atoms with van der Waals surface area (Å²) in [5.74, 6) is -14.7. The van der Waals surface area contributed by atoms with Gasteiger partial charge in [0.25, 0.3) is 0 Å². The lowest BCUT2D eigenvalue weighted by Gasteiger charge is -2.31. The molecule has 10 N–H and O–H groups in total. The molecule has 8 rings (SSSR count). The van der Waals surface area contributed by atoms with Gasteiger partial charge in [0.15, 0.2) is 0 Å². The van der Waals surface area contributed by atoms with Crippen LogP contribution in [0.5, 0.6) is 0 Å². The van der Waals surface area contributed by atoms with E-state index in [4.69, 9.17) is 109 Å². The number of carbonyl (C=O) groups excluding carboxylic acids is 2. The number of aromatic nitrogens is 4. The molecule has 30 heteroatoms. The number of imidazole rings is 2. The summed E-state index contributed by atoms with van der Waals surface area (Å²) in [5.41, 5.74) is 6.45. The number of rotatable bonds is 14. The molecule has 2 fully saturated rings. The zero-order chi connectivity index (χ0) is 66.2. The van der Waals surface area contributed by atoms with Gasteiger partial charge < -0.3 is 70.0 Å². The maximum absolute atomic E-state index is 13.3. The molecule has 2 aromatic heterocycles. The maximum atomic E-state index is 13.3. The van der Waals surface area contributed by atoms with E-state index in [1.165, 1.54) is 24.3 Å². The van der Waals surface area contributed by atoms with Crippen LogP contribution in [0.1, 0.15) is 75.1 Å². The first-order valence-electron chi connectivity index (χ1n) is 26.5. The summed E-state index contributed by atoms with van der Waals surface area (Å²) in [6.07, 6.45) is 7.76. The van der Waals surface area contributed by atoms with E-state index in [1.807, 2.05) is 48.5 Å². The third-order valence-electron chi connectivity index (χ3n) is 12.8. The van der Waals surface area contributed by atoms with Crippen LogP contribution >= 0.6 is 0 Å². The molecule has 0 bridgehead atoms. The van der Waals surface area contributed by atoms with Gasteiger partial charge in [-0.1, -0.05) is 48.5 Å². The summed E-state index contributed by atoms with van der Waals surface area (Å²) in [4.78, 5) is 128. The molecule has 0 amide bonds. The number of aliphatic carboxylic acids is 10. The molecule has 2 aliphatic heterocycles. The number of halogens is 2. The number of benzene rings is 4. The van der Waals surface area contributed by atoms with Gasteiger partial charge in [0.05, 0.1) is 22.1 Å². The topological polar surface area (TPSA) is 449 Å². The second-order valence-electron chi connectivity index (χ2n) is 19.4. The van der Waals surface area contributed by atoms with Gasteiger partial charge in [-0.05, 0) is 137 Å². The largest absolute Gasteiger partial charge is 0.473 e. The summed E-state index contributed by atoms with van der Waals surface area (Å²) in [5, 5.41) is 73.9. The van der Waals surface area contributed by atoms with Crippen molar-refractivity contribution in [1.29, 1.82) is 0 Å². The number of hydrogen-bond donors (Lipinski definition) is 10. The predicted octanol–water partition coefficient (Wildman–Crippen LogP) is 4.69. The second-order valence-corrected chi connectivity index (χ2v) is 19.4. The van der Waals surface area contributed by atoms with Crippen LogP contribution in [0.3, 0.4) is 0 Å². The first-order valence-corrected chi connectivity index (χ1v) is 26.5. The van der Waals surface area contributed by atoms with E-state index in [0.29, 0.717) is 37.8 Å². The zero-order valence-corrected chi connectivity index (χ0v) is 47.5. The SMILES string of the molecule is CC(=O)CCN1CCC(Cc2nc3ccccc3n2Cc2ccc(F)cc2)CC1.CC(=O)CCN1CCC(Cc2nc3ccccc3n2Cc2ccc(F)cc2)CC1.O=C(O)C(=O)O.O=C(O)C(=O)O.O=C(O)C(=O)O.O=C(O)C(=O)O.O=C(O)C(=O)O. The summed E-state index contributed by atoms with van der Waals surface area (Å²) >= 11 is 0. The predicted molar refractivity (Wildman–Crippen MR) is 303 cm³/mol. The van der Waals surface area contributed by atoms with E-state index in [-0.39, 0.29) is 23.2 Å². The fourth-order valence-electron chi connectivity index (χ4n) is 8.44. The quantitative estimate of drug-likeness (QED) is 0.0661. The Labute approximate surface area is 499 Å². The first-order chi connectivity index (χ1) is 41.4. The Kier molecular flexibility index (Phi) is 31.7. The van der Waals surface area contributed by atoms with E-state index in [0.717, 1.165) is 123 Å². The van der Waals surface area contributed by atoms with Gasteiger partial charge in [-0.15, -0.1) is 0 Å². The number of Topliss-reactive ketones (excluding diaryl/α,β-unsaturated/α-hetero) is 2. The van der Waals surface area contributed by atoms with Gasteiger partial charge in [0.1, 0.15) is 34.8 Å². The summed E-state index contributed by atoms with van der Waals surface area (Å²) in [7, 11) is 0. The third-order valence-corrected chi connectivity index (χ3v) is 12.8. The zero-order valence-electron chi connectivity index (χ0n) is 47.5. The van der Waals surface area contributed by atoms with E-state index in [2.05, 4.69) is 43.2 Å². The highest BCUT2D eigenvalue weighted by molar-refractivity contribution is 6.29. The number of para-hydroxylation sites is 4. The van der Waals surface area contributed by atoms with Crippen LogP contribution in [-0.4, -0.2) is 190 Å². The normalized spacial score (nSPS) is 12.9. The Balaban J connectivity index is 0.000000412. The standard InChI is InChI=1S/2C24H28FN3O.5C2H2O4/c2*1-18(29)10-13-27-14-11-19(12-15-27)16-24-26-22-4-2-3-5-23(22)28(24)17-20-6-8-21(25)9-7-20;5*3-1(4)2(5)6/h2*2-9,19H,10-17H2,1H3;5*(H,3,4)(H,5,6). The highest BCUT2D eigenvalue weighted by Crippen LogP contribution is 2.27. The molecule has 4 heterocycles. The third kappa shape index (κ3) is 28.5. The van der Waals surface area contributed by atoms with Crippen LogP contribution < -0.4 is 0 Å². The van der Waals surface area contributed by atoms with Crippen molar-refractivity contribution >= 4 is 93.3 Å². The number of carboxylic acid groups (broad SMARTS) is 10. The molecule has 0 unspecified atom stereocenters. The lowest BCUT2D eigenvalue weighted by Crippen LogP contribution is -2.35. The van der Waals surface area contributed by atoms with Crippen molar-refractivity contribution in [1.82, 2.24) is 28.9 Å². The molecule has 0 saturated carbocycles.